The van der Waals surface area contributed by atoms with Gasteiger partial charge in [-0.1, -0.05) is 18.2 Å². The zero-order valence-corrected chi connectivity index (χ0v) is 10.1. The third-order valence-electron chi connectivity index (χ3n) is 3.11. The van der Waals surface area contributed by atoms with E-state index in [4.69, 9.17) is 4.74 Å². The minimum atomic E-state index is 0.204. The van der Waals surface area contributed by atoms with E-state index in [9.17, 15) is 5.11 Å². The molecule has 1 aliphatic carbocycles. The van der Waals surface area contributed by atoms with Crippen molar-refractivity contribution in [3.05, 3.63) is 35.9 Å². The van der Waals surface area contributed by atoms with Crippen molar-refractivity contribution in [1.82, 2.24) is 5.32 Å². The van der Waals surface area contributed by atoms with Gasteiger partial charge in [0, 0.05) is 12.6 Å². The Morgan fingerprint density at radius 1 is 1.41 bits per heavy atom. The number of ether oxygens (including phenoxy) is 1. The van der Waals surface area contributed by atoms with Gasteiger partial charge in [0.25, 0.3) is 0 Å². The quantitative estimate of drug-likeness (QED) is 0.785. The van der Waals surface area contributed by atoms with Gasteiger partial charge in [-0.15, -0.1) is 0 Å². The Balaban J connectivity index is 1.90. The lowest BCUT2D eigenvalue weighted by atomic mass is 10.0. The molecule has 0 heterocycles. The standard InChI is InChI=1S/C14H19NO2/c1-17-14-8-7-11(9-13(14)16)10-15-12-5-3-2-4-6-12/h2-3,7-9,12,15-16H,4-6,10H2,1H3. The first-order valence-electron chi connectivity index (χ1n) is 6.04. The average Bonchev–Trinajstić information content (AvgIpc) is 2.38. The largest absolute Gasteiger partial charge is 0.504 e. The zero-order chi connectivity index (χ0) is 12.1. The fourth-order valence-corrected chi connectivity index (χ4v) is 2.09. The number of methoxy groups -OCH3 is 1. The van der Waals surface area contributed by atoms with Crippen LogP contribution in [0.15, 0.2) is 30.4 Å². The summed E-state index contributed by atoms with van der Waals surface area (Å²) in [6.45, 7) is 0.788. The van der Waals surface area contributed by atoms with E-state index in [1.165, 1.54) is 6.42 Å². The number of aromatic hydroxyl groups is 1. The monoisotopic (exact) mass is 233 g/mol. The summed E-state index contributed by atoms with van der Waals surface area (Å²) < 4.78 is 5.01. The van der Waals surface area contributed by atoms with Crippen molar-refractivity contribution in [2.45, 2.75) is 31.8 Å². The number of nitrogens with one attached hydrogen (secondary N) is 1. The maximum Gasteiger partial charge on any atom is 0.160 e. The fraction of sp³-hybridized carbons (Fsp3) is 0.429. The van der Waals surface area contributed by atoms with Gasteiger partial charge in [-0.05, 0) is 37.0 Å². The van der Waals surface area contributed by atoms with E-state index in [0.29, 0.717) is 11.8 Å². The van der Waals surface area contributed by atoms with Gasteiger partial charge >= 0.3 is 0 Å². The Bertz CT molecular complexity index is 401. The summed E-state index contributed by atoms with van der Waals surface area (Å²) >= 11 is 0. The maximum absolute atomic E-state index is 9.66. The minimum Gasteiger partial charge on any atom is -0.504 e. The number of rotatable bonds is 4. The molecule has 0 aliphatic heterocycles. The van der Waals surface area contributed by atoms with Crippen LogP contribution in [0.5, 0.6) is 11.5 Å². The fourth-order valence-electron chi connectivity index (χ4n) is 2.09. The third kappa shape index (κ3) is 3.24. The van der Waals surface area contributed by atoms with Crippen molar-refractivity contribution in [3.8, 4) is 11.5 Å². The van der Waals surface area contributed by atoms with E-state index in [0.717, 1.165) is 24.9 Å². The Labute approximate surface area is 102 Å². The molecule has 1 aliphatic rings. The van der Waals surface area contributed by atoms with E-state index in [-0.39, 0.29) is 5.75 Å². The molecule has 0 fully saturated rings. The van der Waals surface area contributed by atoms with Crippen molar-refractivity contribution in [1.29, 1.82) is 0 Å². The Morgan fingerprint density at radius 2 is 2.29 bits per heavy atom. The van der Waals surface area contributed by atoms with Crippen LogP contribution >= 0.6 is 0 Å². The summed E-state index contributed by atoms with van der Waals surface area (Å²) in [5.74, 6) is 0.727. The molecule has 1 unspecified atom stereocenters. The van der Waals surface area contributed by atoms with Crippen LogP contribution in [-0.2, 0) is 6.54 Å². The van der Waals surface area contributed by atoms with Gasteiger partial charge in [-0.2, -0.15) is 0 Å². The highest BCUT2D eigenvalue weighted by Crippen LogP contribution is 2.26. The molecule has 0 saturated carbocycles. The number of hydrogen-bond acceptors (Lipinski definition) is 3. The maximum atomic E-state index is 9.66. The highest BCUT2D eigenvalue weighted by atomic mass is 16.5. The zero-order valence-electron chi connectivity index (χ0n) is 10.1. The lowest BCUT2D eigenvalue weighted by Gasteiger charge is -2.19. The molecular weight excluding hydrogens is 214 g/mol. The van der Waals surface area contributed by atoms with Gasteiger partial charge < -0.3 is 15.2 Å². The molecule has 0 amide bonds. The van der Waals surface area contributed by atoms with Gasteiger partial charge in [-0.25, -0.2) is 0 Å². The molecule has 0 bridgehead atoms. The first-order chi connectivity index (χ1) is 8.29. The molecule has 2 N–H and O–H groups in total. The second-order valence-corrected chi connectivity index (χ2v) is 4.37. The second kappa shape index (κ2) is 5.73. The van der Waals surface area contributed by atoms with Crippen LogP contribution in [0.1, 0.15) is 24.8 Å². The molecule has 0 radical (unpaired) electrons. The molecular formula is C14H19NO2. The van der Waals surface area contributed by atoms with Crippen LogP contribution in [-0.4, -0.2) is 18.3 Å². The second-order valence-electron chi connectivity index (χ2n) is 4.37. The van der Waals surface area contributed by atoms with E-state index in [1.54, 1.807) is 19.2 Å². The third-order valence-corrected chi connectivity index (χ3v) is 3.11. The summed E-state index contributed by atoms with van der Waals surface area (Å²) in [6.07, 6.45) is 7.91. The van der Waals surface area contributed by atoms with Crippen LogP contribution in [0, 0.1) is 0 Å². The average molecular weight is 233 g/mol. The summed E-state index contributed by atoms with van der Waals surface area (Å²) in [5.41, 5.74) is 1.08. The van der Waals surface area contributed by atoms with Crippen LogP contribution in [0.3, 0.4) is 0 Å². The van der Waals surface area contributed by atoms with E-state index < -0.39 is 0 Å². The van der Waals surface area contributed by atoms with E-state index >= 15 is 0 Å². The number of benzene rings is 1. The number of allylic oxidation sites excluding steroid dienone is 1. The van der Waals surface area contributed by atoms with Crippen molar-refractivity contribution < 1.29 is 9.84 Å². The predicted molar refractivity (Wildman–Crippen MR) is 68.3 cm³/mol. The van der Waals surface area contributed by atoms with Gasteiger partial charge in [-0.3, -0.25) is 0 Å². The Kier molecular flexibility index (Phi) is 4.04. The minimum absolute atomic E-state index is 0.204. The number of phenolic OH excluding ortho intramolecular Hbond substituents is 1. The van der Waals surface area contributed by atoms with Crippen LogP contribution in [0.4, 0.5) is 0 Å². The lowest BCUT2D eigenvalue weighted by molar-refractivity contribution is 0.372. The lowest BCUT2D eigenvalue weighted by Crippen LogP contribution is -2.29. The van der Waals surface area contributed by atoms with Crippen molar-refractivity contribution in [2.24, 2.45) is 0 Å². The molecule has 0 saturated heterocycles. The van der Waals surface area contributed by atoms with Gasteiger partial charge in [0.05, 0.1) is 7.11 Å². The molecule has 3 heteroatoms. The molecule has 3 nitrogen and oxygen atoms in total. The Hall–Kier alpha value is -1.48. The summed E-state index contributed by atoms with van der Waals surface area (Å²) in [4.78, 5) is 0. The normalized spacial score (nSPS) is 19.2. The first kappa shape index (κ1) is 12.0. The molecule has 0 spiro atoms. The summed E-state index contributed by atoms with van der Waals surface area (Å²) in [5, 5.41) is 13.2. The molecule has 1 aromatic carbocycles. The van der Waals surface area contributed by atoms with Crippen LogP contribution in [0.2, 0.25) is 0 Å². The van der Waals surface area contributed by atoms with Crippen molar-refractivity contribution in [3.63, 3.8) is 0 Å². The molecule has 1 atom stereocenters. The molecule has 17 heavy (non-hydrogen) atoms. The SMILES string of the molecule is COc1ccc(CNC2CC=CCC2)cc1O. The van der Waals surface area contributed by atoms with Gasteiger partial charge in [0.2, 0.25) is 0 Å². The predicted octanol–water partition coefficient (Wildman–Crippen LogP) is 2.60. The number of hydrogen-bond donors (Lipinski definition) is 2. The van der Waals surface area contributed by atoms with Crippen molar-refractivity contribution >= 4 is 0 Å². The van der Waals surface area contributed by atoms with Crippen LogP contribution < -0.4 is 10.1 Å². The summed E-state index contributed by atoms with van der Waals surface area (Å²) in [6, 6.07) is 6.09. The van der Waals surface area contributed by atoms with Gasteiger partial charge in [0.1, 0.15) is 0 Å². The van der Waals surface area contributed by atoms with E-state index in [2.05, 4.69) is 17.5 Å². The summed E-state index contributed by atoms with van der Waals surface area (Å²) in [7, 11) is 1.56. The van der Waals surface area contributed by atoms with Crippen LogP contribution in [0.25, 0.3) is 0 Å². The highest BCUT2D eigenvalue weighted by Gasteiger charge is 2.09. The van der Waals surface area contributed by atoms with Crippen molar-refractivity contribution in [2.75, 3.05) is 7.11 Å². The molecule has 92 valence electrons. The molecule has 0 aromatic heterocycles. The molecule has 2 rings (SSSR count). The first-order valence-corrected chi connectivity index (χ1v) is 6.04. The highest BCUT2D eigenvalue weighted by molar-refractivity contribution is 5.41. The molecule has 1 aromatic rings. The number of phenols is 1. The Morgan fingerprint density at radius 3 is 2.94 bits per heavy atom. The smallest absolute Gasteiger partial charge is 0.160 e. The van der Waals surface area contributed by atoms with Gasteiger partial charge in [0.15, 0.2) is 11.5 Å². The van der Waals surface area contributed by atoms with E-state index in [1.807, 2.05) is 6.07 Å². The topological polar surface area (TPSA) is 41.5 Å².